The Hall–Kier alpha value is -1.06. The molecule has 0 aromatic heterocycles. The normalized spacial score (nSPS) is 26.7. The molecule has 0 radical (unpaired) electrons. The zero-order chi connectivity index (χ0) is 14.8. The Balaban J connectivity index is 1.72. The monoisotopic (exact) mass is 287 g/mol. The Labute approximate surface area is 129 Å². The summed E-state index contributed by atoms with van der Waals surface area (Å²) in [5.41, 5.74) is 4.23. The van der Waals surface area contributed by atoms with Gasteiger partial charge in [0.2, 0.25) is 0 Å². The maximum absolute atomic E-state index is 3.25. The van der Waals surface area contributed by atoms with Crippen LogP contribution in [0.3, 0.4) is 0 Å². The highest BCUT2D eigenvalue weighted by Gasteiger charge is 2.34. The summed E-state index contributed by atoms with van der Waals surface area (Å²) in [5, 5.41) is 3.25. The van der Waals surface area contributed by atoms with E-state index in [1.165, 1.54) is 55.7 Å². The van der Waals surface area contributed by atoms with Gasteiger partial charge in [-0.3, -0.25) is 0 Å². The smallest absolute Gasteiger partial charge is 0.0369 e. The third kappa shape index (κ3) is 3.09. The van der Waals surface area contributed by atoms with Crippen molar-refractivity contribution in [2.45, 2.75) is 38.8 Å². The molecule has 21 heavy (non-hydrogen) atoms. The summed E-state index contributed by atoms with van der Waals surface area (Å²) in [6.45, 7) is 6.92. The van der Waals surface area contributed by atoms with Crippen molar-refractivity contribution < 1.29 is 0 Å². The number of nitrogens with zero attached hydrogens (tertiary/aromatic N) is 2. The summed E-state index contributed by atoms with van der Waals surface area (Å²) in [5.74, 6) is 0.856. The van der Waals surface area contributed by atoms with E-state index in [1.807, 2.05) is 7.05 Å². The first kappa shape index (κ1) is 14.9. The first-order chi connectivity index (χ1) is 10.2. The maximum atomic E-state index is 3.25. The molecule has 3 rings (SSSR count). The van der Waals surface area contributed by atoms with Gasteiger partial charge in [0.25, 0.3) is 0 Å². The average molecular weight is 287 g/mol. The topological polar surface area (TPSA) is 18.5 Å². The van der Waals surface area contributed by atoms with Gasteiger partial charge in [0, 0.05) is 31.4 Å². The number of hydrogen-bond donors (Lipinski definition) is 1. The second-order valence-electron chi connectivity index (χ2n) is 6.83. The van der Waals surface area contributed by atoms with Crippen molar-refractivity contribution in [3.05, 3.63) is 29.3 Å². The molecule has 116 valence electrons. The molecule has 2 aliphatic heterocycles. The van der Waals surface area contributed by atoms with Gasteiger partial charge in [-0.15, -0.1) is 0 Å². The molecule has 1 aromatic rings. The molecule has 0 amide bonds. The fourth-order valence-corrected chi connectivity index (χ4v) is 4.15. The molecule has 0 saturated carbocycles. The van der Waals surface area contributed by atoms with E-state index < -0.39 is 0 Å². The fourth-order valence-electron chi connectivity index (χ4n) is 4.15. The number of rotatable bonds is 3. The zero-order valence-corrected chi connectivity index (χ0v) is 13.7. The Bertz CT molecular complexity index is 485. The number of aryl methyl sites for hydroxylation is 1. The van der Waals surface area contributed by atoms with E-state index in [0.717, 1.165) is 18.5 Å². The molecule has 2 fully saturated rings. The van der Waals surface area contributed by atoms with E-state index in [1.54, 1.807) is 0 Å². The van der Waals surface area contributed by atoms with Crippen LogP contribution in [0.2, 0.25) is 0 Å². The van der Waals surface area contributed by atoms with Crippen LogP contribution in [0.4, 0.5) is 5.69 Å². The molecule has 2 unspecified atom stereocenters. The molecule has 0 spiro atoms. The molecule has 3 heteroatoms. The number of benzene rings is 1. The highest BCUT2D eigenvalue weighted by atomic mass is 15.2. The van der Waals surface area contributed by atoms with E-state index in [0.29, 0.717) is 0 Å². The number of fused-ring (bicyclic) bond motifs is 1. The van der Waals surface area contributed by atoms with Crippen molar-refractivity contribution in [2.24, 2.45) is 5.92 Å². The summed E-state index contributed by atoms with van der Waals surface area (Å²) < 4.78 is 0. The second kappa shape index (κ2) is 6.37. The highest BCUT2D eigenvalue weighted by molar-refractivity contribution is 5.51. The van der Waals surface area contributed by atoms with Crippen LogP contribution in [0, 0.1) is 12.8 Å². The lowest BCUT2D eigenvalue weighted by Gasteiger charge is -2.46. The van der Waals surface area contributed by atoms with Gasteiger partial charge in [0.15, 0.2) is 0 Å². The van der Waals surface area contributed by atoms with Crippen molar-refractivity contribution in [3.63, 3.8) is 0 Å². The average Bonchev–Trinajstić information content (AvgIpc) is 2.49. The molecule has 1 aromatic carbocycles. The van der Waals surface area contributed by atoms with Gasteiger partial charge >= 0.3 is 0 Å². The minimum Gasteiger partial charge on any atom is -0.371 e. The van der Waals surface area contributed by atoms with Gasteiger partial charge in [-0.25, -0.2) is 0 Å². The van der Waals surface area contributed by atoms with Crippen molar-refractivity contribution in [3.8, 4) is 0 Å². The molecule has 2 saturated heterocycles. The number of hydrogen-bond acceptors (Lipinski definition) is 3. The third-order valence-electron chi connectivity index (χ3n) is 5.40. The van der Waals surface area contributed by atoms with Gasteiger partial charge in [-0.1, -0.05) is 6.07 Å². The molecule has 0 bridgehead atoms. The molecule has 1 N–H and O–H groups in total. The quantitative estimate of drug-likeness (QED) is 0.922. The first-order valence-electron chi connectivity index (χ1n) is 8.38. The van der Waals surface area contributed by atoms with E-state index in [4.69, 9.17) is 0 Å². The van der Waals surface area contributed by atoms with Crippen molar-refractivity contribution in [2.75, 3.05) is 38.6 Å². The van der Waals surface area contributed by atoms with Gasteiger partial charge in [0.1, 0.15) is 0 Å². The fraction of sp³-hybridized carbons (Fsp3) is 0.667. The van der Waals surface area contributed by atoms with Crippen LogP contribution in [0.25, 0.3) is 0 Å². The first-order valence-corrected chi connectivity index (χ1v) is 8.38. The Morgan fingerprint density at radius 3 is 2.86 bits per heavy atom. The van der Waals surface area contributed by atoms with Crippen LogP contribution in [0.5, 0.6) is 0 Å². The van der Waals surface area contributed by atoms with Gasteiger partial charge in [0.05, 0.1) is 0 Å². The van der Waals surface area contributed by atoms with E-state index in [-0.39, 0.29) is 0 Å². The van der Waals surface area contributed by atoms with Crippen LogP contribution in [-0.2, 0) is 6.54 Å². The maximum Gasteiger partial charge on any atom is 0.0369 e. The Morgan fingerprint density at radius 2 is 2.10 bits per heavy atom. The largest absolute Gasteiger partial charge is 0.371 e. The lowest BCUT2D eigenvalue weighted by atomic mass is 9.84. The van der Waals surface area contributed by atoms with Crippen LogP contribution in [0.1, 0.15) is 30.4 Å². The van der Waals surface area contributed by atoms with Crippen molar-refractivity contribution >= 4 is 5.69 Å². The molecule has 2 aliphatic rings. The zero-order valence-electron chi connectivity index (χ0n) is 13.7. The number of anilines is 1. The molecule has 3 nitrogen and oxygen atoms in total. The molecule has 0 aliphatic carbocycles. The van der Waals surface area contributed by atoms with Gasteiger partial charge in [-0.2, -0.15) is 0 Å². The predicted octanol–water partition coefficient (Wildman–Crippen LogP) is 2.63. The third-order valence-corrected chi connectivity index (χ3v) is 5.40. The Kier molecular flexibility index (Phi) is 4.51. The van der Waals surface area contributed by atoms with E-state index >= 15 is 0 Å². The van der Waals surface area contributed by atoms with E-state index in [2.05, 4.69) is 47.3 Å². The van der Waals surface area contributed by atoms with Crippen LogP contribution in [-0.4, -0.2) is 44.7 Å². The van der Waals surface area contributed by atoms with Crippen LogP contribution >= 0.6 is 0 Å². The van der Waals surface area contributed by atoms with Gasteiger partial charge < -0.3 is 15.1 Å². The van der Waals surface area contributed by atoms with Gasteiger partial charge in [-0.05, 0) is 76.0 Å². The van der Waals surface area contributed by atoms with Crippen molar-refractivity contribution in [1.82, 2.24) is 10.2 Å². The number of nitrogens with one attached hydrogen (secondary N) is 1. The lowest BCUT2D eigenvalue weighted by Crippen LogP contribution is -2.52. The summed E-state index contributed by atoms with van der Waals surface area (Å²) >= 11 is 0. The van der Waals surface area contributed by atoms with Crippen LogP contribution in [0.15, 0.2) is 18.2 Å². The lowest BCUT2D eigenvalue weighted by molar-refractivity contribution is 0.102. The Morgan fingerprint density at radius 1 is 1.24 bits per heavy atom. The van der Waals surface area contributed by atoms with Crippen molar-refractivity contribution in [1.29, 1.82) is 0 Å². The number of piperidine rings is 2. The summed E-state index contributed by atoms with van der Waals surface area (Å²) in [6, 6.07) is 7.80. The number of likely N-dealkylation sites (tertiary alicyclic amines) is 1. The summed E-state index contributed by atoms with van der Waals surface area (Å²) in [4.78, 5) is 5.20. The molecular weight excluding hydrogens is 258 g/mol. The van der Waals surface area contributed by atoms with E-state index in [9.17, 15) is 0 Å². The molecular formula is C18H29N3. The summed E-state index contributed by atoms with van der Waals surface area (Å²) in [6.07, 6.45) is 4.09. The summed E-state index contributed by atoms with van der Waals surface area (Å²) in [7, 11) is 4.32. The van der Waals surface area contributed by atoms with Crippen LogP contribution < -0.4 is 10.2 Å². The second-order valence-corrected chi connectivity index (χ2v) is 6.83. The molecule has 2 atom stereocenters. The molecule has 2 heterocycles. The minimum absolute atomic E-state index is 0.819. The standard InChI is InChI=1S/C18H29N3/c1-14-11-17(7-6-15(14)12-19-2)21-10-8-18-16(13-21)5-4-9-20(18)3/h6-7,11,16,18-19H,4-5,8-10,12-13H2,1-3H3. The highest BCUT2D eigenvalue weighted by Crippen LogP contribution is 2.32. The minimum atomic E-state index is 0.819. The SMILES string of the molecule is CNCc1ccc(N2CCC3C(CCCN3C)C2)cc1C. The predicted molar refractivity (Wildman–Crippen MR) is 89.9 cm³/mol.